The Balaban J connectivity index is 1.91. The number of piperidine rings is 1. The molecule has 1 saturated heterocycles. The van der Waals surface area contributed by atoms with E-state index in [1.807, 2.05) is 66.4 Å². The maximum absolute atomic E-state index is 13.4. The minimum Gasteiger partial charge on any atom is -0.496 e. The number of unbranched alkanes of at least 4 members (excludes halogenated alkanes) is 1. The molecule has 160 valence electrons. The highest BCUT2D eigenvalue weighted by Crippen LogP contribution is 2.41. The lowest BCUT2D eigenvalue weighted by molar-refractivity contribution is -0.143. The Labute approximate surface area is 179 Å². The maximum Gasteiger partial charge on any atom is 0.226 e. The summed E-state index contributed by atoms with van der Waals surface area (Å²) in [6.45, 7) is 4.75. The second-order valence-corrected chi connectivity index (χ2v) is 7.91. The van der Waals surface area contributed by atoms with Crippen LogP contribution >= 0.6 is 0 Å². The van der Waals surface area contributed by atoms with Gasteiger partial charge in [0.05, 0.1) is 25.1 Å². The summed E-state index contributed by atoms with van der Waals surface area (Å²) >= 11 is 0. The van der Waals surface area contributed by atoms with Gasteiger partial charge in [0.2, 0.25) is 11.8 Å². The van der Waals surface area contributed by atoms with Crippen molar-refractivity contribution in [3.8, 4) is 5.75 Å². The molecule has 0 bridgehead atoms. The van der Waals surface area contributed by atoms with Gasteiger partial charge in [-0.15, -0.1) is 0 Å². The highest BCUT2D eigenvalue weighted by atomic mass is 16.5. The maximum atomic E-state index is 13.4. The minimum atomic E-state index is -0.322. The van der Waals surface area contributed by atoms with E-state index < -0.39 is 0 Å². The summed E-state index contributed by atoms with van der Waals surface area (Å²) in [4.78, 5) is 28.1. The molecule has 1 aliphatic heterocycles. The van der Waals surface area contributed by atoms with Gasteiger partial charge in [0.15, 0.2) is 0 Å². The zero-order chi connectivity index (χ0) is 21.5. The minimum absolute atomic E-state index is 0.0174. The zero-order valence-electron chi connectivity index (χ0n) is 18.1. The topological polar surface area (TPSA) is 58.6 Å². The van der Waals surface area contributed by atoms with E-state index in [-0.39, 0.29) is 29.8 Å². The third-order valence-electron chi connectivity index (χ3n) is 5.91. The first-order valence-corrected chi connectivity index (χ1v) is 10.8. The van der Waals surface area contributed by atoms with Crippen LogP contribution in [0.4, 0.5) is 0 Å². The number of hydrogen-bond acceptors (Lipinski definition) is 3. The van der Waals surface area contributed by atoms with Gasteiger partial charge in [0.25, 0.3) is 0 Å². The molecule has 30 heavy (non-hydrogen) atoms. The molecule has 0 aliphatic carbocycles. The smallest absolute Gasteiger partial charge is 0.226 e. The number of nitrogens with one attached hydrogen (secondary N) is 1. The highest BCUT2D eigenvalue weighted by molar-refractivity contribution is 5.85. The second kappa shape index (κ2) is 10.3. The Morgan fingerprint density at radius 1 is 1.17 bits per heavy atom. The summed E-state index contributed by atoms with van der Waals surface area (Å²) in [6, 6.07) is 17.2. The summed E-state index contributed by atoms with van der Waals surface area (Å²) in [7, 11) is 1.63. The number of benzene rings is 2. The van der Waals surface area contributed by atoms with Crippen LogP contribution in [0.1, 0.15) is 62.7 Å². The molecule has 5 heteroatoms. The Morgan fingerprint density at radius 3 is 2.57 bits per heavy atom. The molecule has 3 atom stereocenters. The number of rotatable bonds is 8. The molecule has 1 heterocycles. The second-order valence-electron chi connectivity index (χ2n) is 7.91. The average Bonchev–Trinajstić information content (AvgIpc) is 2.78. The van der Waals surface area contributed by atoms with Gasteiger partial charge in [-0.1, -0.05) is 61.9 Å². The molecular weight excluding hydrogens is 376 g/mol. The molecule has 0 saturated carbocycles. The first-order valence-electron chi connectivity index (χ1n) is 10.8. The Bertz CT molecular complexity index is 852. The molecule has 1 aliphatic rings. The number of carbonyl (C=O) groups is 2. The summed E-state index contributed by atoms with van der Waals surface area (Å²) in [5, 5.41) is 3.18. The number of likely N-dealkylation sites (tertiary alicyclic amines) is 1. The molecule has 0 spiro atoms. The number of carbonyl (C=O) groups excluding carboxylic acids is 2. The molecule has 2 amide bonds. The van der Waals surface area contributed by atoms with E-state index in [1.54, 1.807) is 7.11 Å². The van der Waals surface area contributed by atoms with Crippen LogP contribution in [0.3, 0.4) is 0 Å². The van der Waals surface area contributed by atoms with Gasteiger partial charge in [0.1, 0.15) is 5.75 Å². The van der Waals surface area contributed by atoms with Crippen molar-refractivity contribution in [2.75, 3.05) is 13.7 Å². The van der Waals surface area contributed by atoms with Crippen molar-refractivity contribution < 1.29 is 14.3 Å². The van der Waals surface area contributed by atoms with Crippen molar-refractivity contribution in [3.05, 3.63) is 65.7 Å². The lowest BCUT2D eigenvalue weighted by Crippen LogP contribution is -2.48. The summed E-state index contributed by atoms with van der Waals surface area (Å²) in [5.74, 6) is 0.491. The van der Waals surface area contributed by atoms with Crippen LogP contribution in [-0.2, 0) is 9.59 Å². The van der Waals surface area contributed by atoms with Crippen molar-refractivity contribution in [1.82, 2.24) is 10.2 Å². The van der Waals surface area contributed by atoms with E-state index in [0.29, 0.717) is 25.1 Å². The number of ether oxygens (including phenoxy) is 1. The molecule has 2 aromatic rings. The molecule has 1 N–H and O–H groups in total. The van der Waals surface area contributed by atoms with Gasteiger partial charge in [-0.3, -0.25) is 9.59 Å². The predicted octanol–water partition coefficient (Wildman–Crippen LogP) is 4.65. The van der Waals surface area contributed by atoms with Crippen LogP contribution in [-0.4, -0.2) is 30.4 Å². The van der Waals surface area contributed by atoms with E-state index in [9.17, 15) is 9.59 Å². The first-order chi connectivity index (χ1) is 14.6. The monoisotopic (exact) mass is 408 g/mol. The zero-order valence-corrected chi connectivity index (χ0v) is 18.1. The normalized spacial score (nSPS) is 20.0. The van der Waals surface area contributed by atoms with Crippen LogP contribution in [0.25, 0.3) is 0 Å². The fraction of sp³-hybridized carbons (Fsp3) is 0.440. The lowest BCUT2D eigenvalue weighted by atomic mass is 9.82. The summed E-state index contributed by atoms with van der Waals surface area (Å²) in [6.07, 6.45) is 2.83. The number of methoxy groups -OCH3 is 1. The van der Waals surface area contributed by atoms with E-state index in [2.05, 4.69) is 12.2 Å². The Hall–Kier alpha value is -2.82. The van der Waals surface area contributed by atoms with Gasteiger partial charge in [0, 0.05) is 18.5 Å². The largest absolute Gasteiger partial charge is 0.496 e. The Morgan fingerprint density at radius 2 is 1.87 bits per heavy atom. The summed E-state index contributed by atoms with van der Waals surface area (Å²) < 4.78 is 5.60. The van der Waals surface area contributed by atoms with Gasteiger partial charge < -0.3 is 15.0 Å². The van der Waals surface area contributed by atoms with Crippen LogP contribution < -0.4 is 10.1 Å². The van der Waals surface area contributed by atoms with Crippen LogP contribution in [0, 0.1) is 5.92 Å². The molecular formula is C25H32N2O3. The van der Waals surface area contributed by atoms with Crippen molar-refractivity contribution >= 4 is 11.8 Å². The fourth-order valence-electron chi connectivity index (χ4n) is 4.26. The SMILES string of the molecule is CCCCN1C(=O)CCC(C(=O)NC(C)c2ccccc2)C1c1ccccc1OC. The molecule has 3 unspecified atom stereocenters. The van der Waals surface area contributed by atoms with Crippen LogP contribution in [0.5, 0.6) is 5.75 Å². The molecule has 0 radical (unpaired) electrons. The van der Waals surface area contributed by atoms with E-state index in [0.717, 1.165) is 24.0 Å². The fourth-order valence-corrected chi connectivity index (χ4v) is 4.26. The van der Waals surface area contributed by atoms with E-state index >= 15 is 0 Å². The van der Waals surface area contributed by atoms with E-state index in [4.69, 9.17) is 4.74 Å². The van der Waals surface area contributed by atoms with Gasteiger partial charge in [-0.25, -0.2) is 0 Å². The quantitative estimate of drug-likeness (QED) is 0.692. The molecule has 3 rings (SSSR count). The number of hydrogen-bond donors (Lipinski definition) is 1. The summed E-state index contributed by atoms with van der Waals surface area (Å²) in [5.41, 5.74) is 1.96. The lowest BCUT2D eigenvalue weighted by Gasteiger charge is -2.41. The first kappa shape index (κ1) is 21.9. The third kappa shape index (κ3) is 4.84. The number of nitrogens with zero attached hydrogens (tertiary/aromatic N) is 1. The van der Waals surface area contributed by atoms with E-state index in [1.165, 1.54) is 0 Å². The van der Waals surface area contributed by atoms with Gasteiger partial charge in [-0.2, -0.15) is 0 Å². The van der Waals surface area contributed by atoms with Crippen LogP contribution in [0.2, 0.25) is 0 Å². The third-order valence-corrected chi connectivity index (χ3v) is 5.91. The van der Waals surface area contributed by atoms with Crippen molar-refractivity contribution in [2.24, 2.45) is 5.92 Å². The molecule has 2 aromatic carbocycles. The van der Waals surface area contributed by atoms with Gasteiger partial charge in [-0.05, 0) is 31.4 Å². The highest BCUT2D eigenvalue weighted by Gasteiger charge is 2.41. The molecule has 1 fully saturated rings. The number of para-hydroxylation sites is 1. The Kier molecular flexibility index (Phi) is 7.50. The predicted molar refractivity (Wildman–Crippen MR) is 118 cm³/mol. The standard InChI is InChI=1S/C25H32N2O3/c1-4-5-17-27-23(28)16-15-21(24(27)20-13-9-10-14-22(20)30-3)25(29)26-18(2)19-11-7-6-8-12-19/h6-14,18,21,24H,4-5,15-17H2,1-3H3,(H,26,29). The molecule has 5 nitrogen and oxygen atoms in total. The van der Waals surface area contributed by atoms with Crippen LogP contribution in [0.15, 0.2) is 54.6 Å². The molecule has 0 aromatic heterocycles. The van der Waals surface area contributed by atoms with Crippen molar-refractivity contribution in [3.63, 3.8) is 0 Å². The van der Waals surface area contributed by atoms with Crippen molar-refractivity contribution in [2.45, 2.75) is 51.6 Å². The van der Waals surface area contributed by atoms with Crippen molar-refractivity contribution in [1.29, 1.82) is 0 Å². The van der Waals surface area contributed by atoms with Gasteiger partial charge >= 0.3 is 0 Å². The average molecular weight is 409 g/mol. The number of amides is 2.